The largest absolute Gasteiger partial charge is 0.382 e. The van der Waals surface area contributed by atoms with Gasteiger partial charge in [-0.25, -0.2) is 0 Å². The van der Waals surface area contributed by atoms with E-state index in [2.05, 4.69) is 13.8 Å². The fourth-order valence-corrected chi connectivity index (χ4v) is 2.10. The highest BCUT2D eigenvalue weighted by Crippen LogP contribution is 2.44. The van der Waals surface area contributed by atoms with Gasteiger partial charge < -0.3 is 15.2 Å². The van der Waals surface area contributed by atoms with Crippen LogP contribution in [0, 0.1) is 5.41 Å². The molecule has 4 atom stereocenters. The molecule has 1 rings (SSSR count). The molecule has 84 valence electrons. The van der Waals surface area contributed by atoms with Gasteiger partial charge in [-0.2, -0.15) is 0 Å². The Morgan fingerprint density at radius 1 is 1.57 bits per heavy atom. The van der Waals surface area contributed by atoms with Crippen molar-refractivity contribution in [2.45, 2.75) is 51.9 Å². The molecule has 2 N–H and O–H groups in total. The third-order valence-electron chi connectivity index (χ3n) is 3.61. The van der Waals surface area contributed by atoms with Gasteiger partial charge in [0.25, 0.3) is 0 Å². The first-order valence-electron chi connectivity index (χ1n) is 5.44. The van der Waals surface area contributed by atoms with Gasteiger partial charge in [0.2, 0.25) is 0 Å². The molecule has 3 nitrogen and oxygen atoms in total. The summed E-state index contributed by atoms with van der Waals surface area (Å²) in [5.74, 6) is 0. The van der Waals surface area contributed by atoms with Crippen LogP contribution < -0.4 is 5.73 Å². The second-order valence-corrected chi connectivity index (χ2v) is 4.59. The summed E-state index contributed by atoms with van der Waals surface area (Å²) < 4.78 is 10.9. The summed E-state index contributed by atoms with van der Waals surface area (Å²) in [6, 6.07) is 0.298. The molecule has 0 saturated heterocycles. The smallest absolute Gasteiger partial charge is 0.0784 e. The van der Waals surface area contributed by atoms with Gasteiger partial charge in [-0.3, -0.25) is 0 Å². The SMILES string of the molecule is CCC1(C)C(N)CC1OC(C)COC. The average Bonchev–Trinajstić information content (AvgIpc) is 2.16. The van der Waals surface area contributed by atoms with Gasteiger partial charge in [-0.15, -0.1) is 0 Å². The Balaban J connectivity index is 2.40. The summed E-state index contributed by atoms with van der Waals surface area (Å²) in [4.78, 5) is 0. The molecule has 0 spiro atoms. The molecule has 1 aliphatic carbocycles. The van der Waals surface area contributed by atoms with E-state index in [0.717, 1.165) is 12.8 Å². The van der Waals surface area contributed by atoms with E-state index < -0.39 is 0 Å². The van der Waals surface area contributed by atoms with Crippen LogP contribution in [0.1, 0.15) is 33.6 Å². The van der Waals surface area contributed by atoms with Crippen molar-refractivity contribution in [3.8, 4) is 0 Å². The number of methoxy groups -OCH3 is 1. The van der Waals surface area contributed by atoms with Crippen molar-refractivity contribution < 1.29 is 9.47 Å². The fraction of sp³-hybridized carbons (Fsp3) is 1.00. The minimum atomic E-state index is 0.169. The Bertz CT molecular complexity index is 186. The van der Waals surface area contributed by atoms with Gasteiger partial charge in [-0.05, 0) is 19.8 Å². The first-order chi connectivity index (χ1) is 6.54. The highest BCUT2D eigenvalue weighted by molar-refractivity contribution is 5.03. The van der Waals surface area contributed by atoms with E-state index in [0.29, 0.717) is 18.8 Å². The molecule has 0 aromatic heterocycles. The van der Waals surface area contributed by atoms with Crippen LogP contribution in [0.15, 0.2) is 0 Å². The molecule has 1 fully saturated rings. The zero-order chi connectivity index (χ0) is 10.8. The van der Waals surface area contributed by atoms with Crippen LogP contribution in [0.5, 0.6) is 0 Å². The molecule has 0 radical (unpaired) electrons. The second kappa shape index (κ2) is 4.60. The number of rotatable bonds is 5. The number of hydrogen-bond donors (Lipinski definition) is 1. The zero-order valence-electron chi connectivity index (χ0n) is 9.75. The third-order valence-corrected chi connectivity index (χ3v) is 3.61. The van der Waals surface area contributed by atoms with E-state index in [1.165, 1.54) is 0 Å². The normalized spacial score (nSPS) is 39.2. The van der Waals surface area contributed by atoms with Crippen LogP contribution in [0.3, 0.4) is 0 Å². The molecular formula is C11H23NO2. The minimum Gasteiger partial charge on any atom is -0.382 e. The van der Waals surface area contributed by atoms with Gasteiger partial charge in [0, 0.05) is 18.6 Å². The van der Waals surface area contributed by atoms with E-state index in [1.807, 2.05) is 6.92 Å². The first kappa shape index (κ1) is 12.0. The lowest BCUT2D eigenvalue weighted by atomic mass is 9.62. The molecule has 0 aromatic carbocycles. The van der Waals surface area contributed by atoms with E-state index >= 15 is 0 Å². The summed E-state index contributed by atoms with van der Waals surface area (Å²) in [5.41, 5.74) is 6.16. The molecule has 3 heteroatoms. The highest BCUT2D eigenvalue weighted by atomic mass is 16.5. The second-order valence-electron chi connectivity index (χ2n) is 4.59. The van der Waals surface area contributed by atoms with Gasteiger partial charge in [0.05, 0.1) is 18.8 Å². The predicted molar refractivity (Wildman–Crippen MR) is 57.2 cm³/mol. The molecular weight excluding hydrogens is 178 g/mol. The highest BCUT2D eigenvalue weighted by Gasteiger charge is 2.49. The number of ether oxygens (including phenoxy) is 2. The number of hydrogen-bond acceptors (Lipinski definition) is 3. The van der Waals surface area contributed by atoms with Gasteiger partial charge in [-0.1, -0.05) is 13.8 Å². The van der Waals surface area contributed by atoms with E-state index in [4.69, 9.17) is 15.2 Å². The maximum Gasteiger partial charge on any atom is 0.0784 e. The standard InChI is InChI=1S/C11H23NO2/c1-5-11(3)9(12)6-10(11)14-8(2)7-13-4/h8-10H,5-7,12H2,1-4H3. The van der Waals surface area contributed by atoms with Gasteiger partial charge in [0.1, 0.15) is 0 Å². The maximum atomic E-state index is 6.00. The van der Waals surface area contributed by atoms with Gasteiger partial charge >= 0.3 is 0 Å². The van der Waals surface area contributed by atoms with Crippen LogP contribution in [0.2, 0.25) is 0 Å². The van der Waals surface area contributed by atoms with Crippen molar-refractivity contribution in [1.82, 2.24) is 0 Å². The topological polar surface area (TPSA) is 44.5 Å². The van der Waals surface area contributed by atoms with Crippen LogP contribution >= 0.6 is 0 Å². The Hall–Kier alpha value is -0.120. The quantitative estimate of drug-likeness (QED) is 0.734. The summed E-state index contributed by atoms with van der Waals surface area (Å²) in [5, 5.41) is 0. The van der Waals surface area contributed by atoms with Gasteiger partial charge in [0.15, 0.2) is 0 Å². The maximum absolute atomic E-state index is 6.00. The Labute approximate surface area is 86.9 Å². The van der Waals surface area contributed by atoms with Crippen molar-refractivity contribution in [1.29, 1.82) is 0 Å². The van der Waals surface area contributed by atoms with Crippen LogP contribution in [-0.4, -0.2) is 32.0 Å². The predicted octanol–water partition coefficient (Wildman–Crippen LogP) is 1.55. The zero-order valence-corrected chi connectivity index (χ0v) is 9.75. The third kappa shape index (κ3) is 2.10. The lowest BCUT2D eigenvalue weighted by molar-refractivity contribution is -0.155. The summed E-state index contributed by atoms with van der Waals surface area (Å²) in [7, 11) is 1.70. The van der Waals surface area contributed by atoms with Crippen LogP contribution in [-0.2, 0) is 9.47 Å². The molecule has 14 heavy (non-hydrogen) atoms. The van der Waals surface area contributed by atoms with Crippen molar-refractivity contribution in [3.63, 3.8) is 0 Å². The lowest BCUT2D eigenvalue weighted by Gasteiger charge is -2.52. The van der Waals surface area contributed by atoms with Crippen LogP contribution in [0.25, 0.3) is 0 Å². The molecule has 4 unspecified atom stereocenters. The summed E-state index contributed by atoms with van der Waals surface area (Å²) >= 11 is 0. The Morgan fingerprint density at radius 2 is 2.21 bits per heavy atom. The number of nitrogens with two attached hydrogens (primary N) is 1. The monoisotopic (exact) mass is 201 g/mol. The Kier molecular flexibility index (Phi) is 3.93. The van der Waals surface area contributed by atoms with Crippen molar-refractivity contribution in [2.24, 2.45) is 11.1 Å². The molecule has 0 bridgehead atoms. The van der Waals surface area contributed by atoms with Crippen molar-refractivity contribution >= 4 is 0 Å². The first-order valence-corrected chi connectivity index (χ1v) is 5.44. The van der Waals surface area contributed by atoms with E-state index in [9.17, 15) is 0 Å². The molecule has 0 amide bonds. The minimum absolute atomic E-state index is 0.169. The van der Waals surface area contributed by atoms with E-state index in [-0.39, 0.29) is 11.5 Å². The summed E-state index contributed by atoms with van der Waals surface area (Å²) in [6.07, 6.45) is 2.55. The molecule has 0 aromatic rings. The molecule has 0 aliphatic heterocycles. The molecule has 0 heterocycles. The molecule has 1 saturated carbocycles. The van der Waals surface area contributed by atoms with Crippen molar-refractivity contribution in [2.75, 3.05) is 13.7 Å². The van der Waals surface area contributed by atoms with Crippen molar-refractivity contribution in [3.05, 3.63) is 0 Å². The summed E-state index contributed by atoms with van der Waals surface area (Å²) in [6.45, 7) is 7.09. The fourth-order valence-electron chi connectivity index (χ4n) is 2.10. The average molecular weight is 201 g/mol. The van der Waals surface area contributed by atoms with E-state index in [1.54, 1.807) is 7.11 Å². The van der Waals surface area contributed by atoms with Crippen LogP contribution in [0.4, 0.5) is 0 Å². The molecule has 1 aliphatic rings. The Morgan fingerprint density at radius 3 is 2.64 bits per heavy atom. The lowest BCUT2D eigenvalue weighted by Crippen LogP contribution is -2.61.